The first-order valence-corrected chi connectivity index (χ1v) is 4.61. The SMILES string of the molecule is C=C1C(=O)OC(C)CC1c1ccco1. The van der Waals surface area contributed by atoms with Gasteiger partial charge in [0.2, 0.25) is 0 Å². The van der Waals surface area contributed by atoms with E-state index in [0.717, 1.165) is 12.2 Å². The summed E-state index contributed by atoms with van der Waals surface area (Å²) in [5.74, 6) is 0.449. The van der Waals surface area contributed by atoms with Crippen LogP contribution in [0.15, 0.2) is 35.0 Å². The molecule has 3 heteroatoms. The highest BCUT2D eigenvalue weighted by Gasteiger charge is 2.32. The van der Waals surface area contributed by atoms with E-state index in [9.17, 15) is 4.79 Å². The molecule has 1 aromatic rings. The molecule has 0 radical (unpaired) electrons. The van der Waals surface area contributed by atoms with Crippen LogP contribution in [0.4, 0.5) is 0 Å². The van der Waals surface area contributed by atoms with Crippen molar-refractivity contribution in [1.82, 2.24) is 0 Å². The van der Waals surface area contributed by atoms with Gasteiger partial charge in [0.05, 0.1) is 12.2 Å². The molecule has 74 valence electrons. The summed E-state index contributed by atoms with van der Waals surface area (Å²) in [5.41, 5.74) is 0.484. The van der Waals surface area contributed by atoms with Gasteiger partial charge in [-0.1, -0.05) is 6.58 Å². The summed E-state index contributed by atoms with van der Waals surface area (Å²) >= 11 is 0. The quantitative estimate of drug-likeness (QED) is 0.506. The summed E-state index contributed by atoms with van der Waals surface area (Å²) in [6, 6.07) is 3.67. The molecule has 1 saturated heterocycles. The monoisotopic (exact) mass is 192 g/mol. The Morgan fingerprint density at radius 1 is 1.57 bits per heavy atom. The lowest BCUT2D eigenvalue weighted by Gasteiger charge is -2.26. The van der Waals surface area contributed by atoms with E-state index >= 15 is 0 Å². The van der Waals surface area contributed by atoms with E-state index in [2.05, 4.69) is 6.58 Å². The number of ether oxygens (including phenoxy) is 1. The largest absolute Gasteiger partial charge is 0.469 e. The molecule has 3 nitrogen and oxygen atoms in total. The van der Waals surface area contributed by atoms with E-state index < -0.39 is 0 Å². The number of hydrogen-bond acceptors (Lipinski definition) is 3. The van der Waals surface area contributed by atoms with Crippen molar-refractivity contribution >= 4 is 5.97 Å². The third kappa shape index (κ3) is 1.45. The molecule has 0 saturated carbocycles. The molecule has 0 aliphatic carbocycles. The van der Waals surface area contributed by atoms with Crippen LogP contribution < -0.4 is 0 Å². The third-order valence-electron chi connectivity index (χ3n) is 2.45. The lowest BCUT2D eigenvalue weighted by molar-refractivity contribution is -0.147. The van der Waals surface area contributed by atoms with Crippen molar-refractivity contribution in [2.24, 2.45) is 0 Å². The highest BCUT2D eigenvalue weighted by Crippen LogP contribution is 2.33. The first-order valence-electron chi connectivity index (χ1n) is 4.61. The molecular formula is C11H12O3. The smallest absolute Gasteiger partial charge is 0.334 e. The highest BCUT2D eigenvalue weighted by atomic mass is 16.5. The minimum absolute atomic E-state index is 0.0266. The molecule has 0 amide bonds. The molecule has 2 atom stereocenters. The molecule has 1 fully saturated rings. The van der Waals surface area contributed by atoms with Gasteiger partial charge in [0.25, 0.3) is 0 Å². The van der Waals surface area contributed by atoms with Crippen LogP contribution in [0.25, 0.3) is 0 Å². The van der Waals surface area contributed by atoms with Gasteiger partial charge in [-0.25, -0.2) is 4.79 Å². The second kappa shape index (κ2) is 3.33. The van der Waals surface area contributed by atoms with E-state index in [0.29, 0.717) is 5.57 Å². The zero-order valence-electron chi connectivity index (χ0n) is 8.03. The number of hydrogen-bond donors (Lipinski definition) is 0. The highest BCUT2D eigenvalue weighted by molar-refractivity contribution is 5.90. The van der Waals surface area contributed by atoms with Gasteiger partial charge in [-0.3, -0.25) is 0 Å². The predicted octanol–water partition coefficient (Wildman–Crippen LogP) is 2.25. The van der Waals surface area contributed by atoms with Crippen LogP contribution >= 0.6 is 0 Å². The van der Waals surface area contributed by atoms with Crippen LogP contribution in [0.5, 0.6) is 0 Å². The van der Waals surface area contributed by atoms with Crippen molar-refractivity contribution in [3.05, 3.63) is 36.3 Å². The number of rotatable bonds is 1. The van der Waals surface area contributed by atoms with Gasteiger partial charge in [-0.2, -0.15) is 0 Å². The molecule has 0 spiro atoms. The molecule has 1 aromatic heterocycles. The molecule has 2 unspecified atom stereocenters. The Morgan fingerprint density at radius 3 is 3.00 bits per heavy atom. The fourth-order valence-electron chi connectivity index (χ4n) is 1.70. The van der Waals surface area contributed by atoms with E-state index in [1.807, 2.05) is 19.1 Å². The Balaban J connectivity index is 2.26. The van der Waals surface area contributed by atoms with E-state index in [-0.39, 0.29) is 18.0 Å². The zero-order valence-corrected chi connectivity index (χ0v) is 8.03. The van der Waals surface area contributed by atoms with Crippen molar-refractivity contribution in [2.45, 2.75) is 25.4 Å². The van der Waals surface area contributed by atoms with Gasteiger partial charge in [0, 0.05) is 5.57 Å². The van der Waals surface area contributed by atoms with Crippen molar-refractivity contribution in [1.29, 1.82) is 0 Å². The molecule has 1 aliphatic rings. The average molecular weight is 192 g/mol. The van der Waals surface area contributed by atoms with Crippen molar-refractivity contribution < 1.29 is 13.9 Å². The molecule has 2 rings (SSSR count). The van der Waals surface area contributed by atoms with Crippen LogP contribution in [0, 0.1) is 0 Å². The van der Waals surface area contributed by atoms with Crippen LogP contribution in [0.1, 0.15) is 25.0 Å². The number of carbonyl (C=O) groups excluding carboxylic acids is 1. The minimum Gasteiger partial charge on any atom is -0.469 e. The van der Waals surface area contributed by atoms with Gasteiger partial charge in [-0.15, -0.1) is 0 Å². The summed E-state index contributed by atoms with van der Waals surface area (Å²) in [6.07, 6.45) is 2.29. The Labute approximate surface area is 82.4 Å². The van der Waals surface area contributed by atoms with Crippen molar-refractivity contribution in [2.75, 3.05) is 0 Å². The first kappa shape index (κ1) is 9.06. The predicted molar refractivity (Wildman–Crippen MR) is 50.8 cm³/mol. The Bertz CT molecular complexity index is 351. The normalized spacial score (nSPS) is 27.5. The van der Waals surface area contributed by atoms with Crippen molar-refractivity contribution in [3.8, 4) is 0 Å². The van der Waals surface area contributed by atoms with Crippen molar-refractivity contribution in [3.63, 3.8) is 0 Å². The standard InChI is InChI=1S/C11H12O3/c1-7-6-9(8(2)11(12)14-7)10-4-3-5-13-10/h3-5,7,9H,2,6H2,1H3. The van der Waals surface area contributed by atoms with Crippen LogP contribution in [0.2, 0.25) is 0 Å². The van der Waals surface area contributed by atoms with E-state index in [1.54, 1.807) is 6.26 Å². The fourth-order valence-corrected chi connectivity index (χ4v) is 1.70. The van der Waals surface area contributed by atoms with Crippen LogP contribution in [-0.4, -0.2) is 12.1 Å². The molecule has 1 aliphatic heterocycles. The number of cyclic esters (lactones) is 1. The zero-order chi connectivity index (χ0) is 10.1. The van der Waals surface area contributed by atoms with E-state index in [4.69, 9.17) is 9.15 Å². The maximum absolute atomic E-state index is 11.3. The Kier molecular flexibility index (Phi) is 2.15. The molecule has 14 heavy (non-hydrogen) atoms. The molecule has 2 heterocycles. The van der Waals surface area contributed by atoms with Crippen LogP contribution in [0.3, 0.4) is 0 Å². The molecule has 0 bridgehead atoms. The summed E-state index contributed by atoms with van der Waals surface area (Å²) in [7, 11) is 0. The van der Waals surface area contributed by atoms with E-state index in [1.165, 1.54) is 0 Å². The lowest BCUT2D eigenvalue weighted by Crippen LogP contribution is -2.28. The number of furan rings is 1. The third-order valence-corrected chi connectivity index (χ3v) is 2.45. The lowest BCUT2D eigenvalue weighted by atomic mass is 9.89. The minimum atomic E-state index is -0.315. The summed E-state index contributed by atoms with van der Waals surface area (Å²) in [4.78, 5) is 11.3. The average Bonchev–Trinajstić information content (AvgIpc) is 2.63. The maximum Gasteiger partial charge on any atom is 0.334 e. The maximum atomic E-state index is 11.3. The van der Waals surface area contributed by atoms with Gasteiger partial charge in [0.15, 0.2) is 0 Å². The summed E-state index contributed by atoms with van der Waals surface area (Å²) in [5, 5.41) is 0. The second-order valence-corrected chi connectivity index (χ2v) is 3.54. The van der Waals surface area contributed by atoms with Gasteiger partial charge in [0.1, 0.15) is 11.9 Å². The number of esters is 1. The topological polar surface area (TPSA) is 39.4 Å². The molecule has 0 N–H and O–H groups in total. The van der Waals surface area contributed by atoms with Gasteiger partial charge >= 0.3 is 5.97 Å². The number of carbonyl (C=O) groups is 1. The molecule has 0 aromatic carbocycles. The van der Waals surface area contributed by atoms with Crippen LogP contribution in [-0.2, 0) is 9.53 Å². The summed E-state index contributed by atoms with van der Waals surface area (Å²) < 4.78 is 10.3. The summed E-state index contributed by atoms with van der Waals surface area (Å²) in [6.45, 7) is 5.61. The fraction of sp³-hybridized carbons (Fsp3) is 0.364. The van der Waals surface area contributed by atoms with Gasteiger partial charge < -0.3 is 9.15 Å². The van der Waals surface area contributed by atoms with Gasteiger partial charge in [-0.05, 0) is 25.5 Å². The first-order chi connectivity index (χ1) is 6.68. The Hall–Kier alpha value is -1.51. The second-order valence-electron chi connectivity index (χ2n) is 3.54. The molecular weight excluding hydrogens is 180 g/mol. The Morgan fingerprint density at radius 2 is 2.36 bits per heavy atom.